The number of fused-ring (bicyclic) bond motifs is 1. The Kier molecular flexibility index (Phi) is 4.56. The Morgan fingerprint density at radius 1 is 1.26 bits per heavy atom. The van der Waals surface area contributed by atoms with Gasteiger partial charge in [-0.05, 0) is 60.9 Å². The summed E-state index contributed by atoms with van der Waals surface area (Å²) in [5.41, 5.74) is 10.9. The van der Waals surface area contributed by atoms with E-state index in [1.54, 1.807) is 5.37 Å². The first-order valence-corrected chi connectivity index (χ1v) is 8.73. The highest BCUT2D eigenvalue weighted by atomic mass is 79.9. The molecule has 0 amide bonds. The van der Waals surface area contributed by atoms with Crippen molar-refractivity contribution in [2.24, 2.45) is 5.73 Å². The molecule has 3 nitrogen and oxygen atoms in total. The fraction of sp³-hybridized carbons (Fsp3) is 0.278. The molecule has 1 aliphatic rings. The van der Waals surface area contributed by atoms with Gasteiger partial charge in [-0.3, -0.25) is 0 Å². The number of hydrogen-bond acceptors (Lipinski definition) is 4. The molecule has 0 aliphatic carbocycles. The van der Waals surface area contributed by atoms with E-state index in [4.69, 9.17) is 22.7 Å². The molecule has 23 heavy (non-hydrogen) atoms. The zero-order chi connectivity index (χ0) is 16.6. The van der Waals surface area contributed by atoms with E-state index in [1.807, 2.05) is 6.07 Å². The van der Waals surface area contributed by atoms with Gasteiger partial charge in [0.2, 0.25) is 0 Å². The van der Waals surface area contributed by atoms with Gasteiger partial charge in [-0.1, -0.05) is 34.2 Å². The second-order valence-corrected chi connectivity index (χ2v) is 7.33. The van der Waals surface area contributed by atoms with Crippen molar-refractivity contribution in [3.63, 3.8) is 0 Å². The monoisotopic (exact) mass is 390 g/mol. The van der Waals surface area contributed by atoms with Crippen LogP contribution in [0.4, 0.5) is 5.69 Å². The largest absolute Gasteiger partial charge is 0.356 e. The molecule has 0 saturated heterocycles. The summed E-state index contributed by atoms with van der Waals surface area (Å²) in [6, 6.07) is 12.6. The van der Waals surface area contributed by atoms with Crippen LogP contribution in [0, 0.1) is 0 Å². The molecule has 0 bridgehead atoms. The number of rotatable bonds is 3. The van der Waals surface area contributed by atoms with Crippen LogP contribution < -0.4 is 11.1 Å². The van der Waals surface area contributed by atoms with Gasteiger partial charge < -0.3 is 15.8 Å². The lowest BCUT2D eigenvalue weighted by molar-refractivity contribution is -0.0406. The van der Waals surface area contributed by atoms with E-state index in [2.05, 4.69) is 65.4 Å². The first-order valence-electron chi connectivity index (χ1n) is 7.47. The number of nitrogens with two attached hydrogens (primary N) is 1. The number of halogens is 1. The van der Waals surface area contributed by atoms with E-state index in [0.29, 0.717) is 6.54 Å². The Labute approximate surface area is 150 Å². The molecule has 1 atom stereocenters. The predicted molar refractivity (Wildman–Crippen MR) is 103 cm³/mol. The van der Waals surface area contributed by atoms with Gasteiger partial charge in [0.15, 0.2) is 6.23 Å². The Morgan fingerprint density at radius 3 is 2.74 bits per heavy atom. The topological polar surface area (TPSA) is 47.3 Å². The van der Waals surface area contributed by atoms with E-state index in [1.165, 1.54) is 0 Å². The van der Waals surface area contributed by atoms with Crippen molar-refractivity contribution in [1.82, 2.24) is 0 Å². The van der Waals surface area contributed by atoms with E-state index < -0.39 is 5.60 Å². The highest BCUT2D eigenvalue weighted by Gasteiger charge is 2.32. The fourth-order valence-electron chi connectivity index (χ4n) is 2.91. The molecular weight excluding hydrogens is 372 g/mol. The fourth-order valence-corrected chi connectivity index (χ4v) is 3.57. The molecule has 0 radical (unpaired) electrons. The summed E-state index contributed by atoms with van der Waals surface area (Å²) in [5, 5.41) is 4.92. The number of benzene rings is 2. The Balaban J connectivity index is 2.08. The van der Waals surface area contributed by atoms with Gasteiger partial charge in [-0.15, -0.1) is 0 Å². The molecule has 2 aromatic rings. The number of ether oxygens (including phenoxy) is 1. The maximum Gasteiger partial charge on any atom is 0.158 e. The Morgan fingerprint density at radius 2 is 2.04 bits per heavy atom. The number of hydrogen-bond donors (Lipinski definition) is 2. The molecule has 0 spiro atoms. The lowest BCUT2D eigenvalue weighted by Gasteiger charge is -2.37. The molecule has 0 saturated carbocycles. The molecule has 1 aliphatic heterocycles. The van der Waals surface area contributed by atoms with Gasteiger partial charge >= 0.3 is 0 Å². The second-order valence-electron chi connectivity index (χ2n) is 6.14. The van der Waals surface area contributed by atoms with Crippen LogP contribution in [-0.4, -0.2) is 11.6 Å². The third-order valence-electron chi connectivity index (χ3n) is 4.04. The van der Waals surface area contributed by atoms with Crippen LogP contribution in [0.25, 0.3) is 11.1 Å². The highest BCUT2D eigenvalue weighted by Crippen LogP contribution is 2.39. The normalized spacial score (nSPS) is 18.9. The molecule has 5 heteroatoms. The molecule has 120 valence electrons. The average Bonchev–Trinajstić information content (AvgIpc) is 2.53. The van der Waals surface area contributed by atoms with Crippen LogP contribution in [0.1, 0.15) is 25.0 Å². The van der Waals surface area contributed by atoms with Crippen molar-refractivity contribution in [1.29, 1.82) is 0 Å². The maximum atomic E-state index is 6.01. The first-order chi connectivity index (χ1) is 10.9. The smallest absolute Gasteiger partial charge is 0.158 e. The van der Waals surface area contributed by atoms with Crippen LogP contribution in [0.3, 0.4) is 0 Å². The maximum absolute atomic E-state index is 6.01. The van der Waals surface area contributed by atoms with Crippen LogP contribution >= 0.6 is 28.1 Å². The Bertz CT molecular complexity index is 761. The van der Waals surface area contributed by atoms with Gasteiger partial charge in [0.1, 0.15) is 0 Å². The van der Waals surface area contributed by atoms with Gasteiger partial charge in [-0.2, -0.15) is 0 Å². The van der Waals surface area contributed by atoms with Crippen molar-refractivity contribution in [3.05, 3.63) is 52.0 Å². The van der Waals surface area contributed by atoms with Crippen molar-refractivity contribution in [2.45, 2.75) is 32.2 Å². The highest BCUT2D eigenvalue weighted by molar-refractivity contribution is 9.10. The zero-order valence-electron chi connectivity index (χ0n) is 13.1. The average molecular weight is 391 g/mol. The van der Waals surface area contributed by atoms with E-state index in [0.717, 1.165) is 32.4 Å². The van der Waals surface area contributed by atoms with Crippen LogP contribution in [0.15, 0.2) is 40.9 Å². The molecular formula is C18H19BrN2OS. The standard InChI is InChI=1S/C18H19BrN2OS/c1-18(2)15-8-12(3-4-16(15)21-17(10-23)22-18)13-5-11(9-20)6-14(19)7-13/h3-8,10,17,21H,9,20H2,1-2H3. The predicted octanol–water partition coefficient (Wildman–Crippen LogP) is 4.58. The summed E-state index contributed by atoms with van der Waals surface area (Å²) in [7, 11) is 0. The molecule has 2 aromatic carbocycles. The van der Waals surface area contributed by atoms with Gasteiger partial charge in [0, 0.05) is 27.6 Å². The first kappa shape index (κ1) is 16.6. The summed E-state index contributed by atoms with van der Waals surface area (Å²) in [6.07, 6.45) is -0.243. The zero-order valence-corrected chi connectivity index (χ0v) is 15.5. The van der Waals surface area contributed by atoms with Crippen molar-refractivity contribution < 1.29 is 4.74 Å². The molecule has 0 fully saturated rings. The minimum Gasteiger partial charge on any atom is -0.356 e. The van der Waals surface area contributed by atoms with E-state index >= 15 is 0 Å². The van der Waals surface area contributed by atoms with Crippen molar-refractivity contribution in [2.75, 3.05) is 5.32 Å². The van der Waals surface area contributed by atoms with Gasteiger partial charge in [0.05, 0.1) is 5.60 Å². The summed E-state index contributed by atoms with van der Waals surface area (Å²) in [5.74, 6) is 0. The summed E-state index contributed by atoms with van der Waals surface area (Å²) >= 11 is 8.58. The number of nitrogens with one attached hydrogen (secondary N) is 1. The lowest BCUT2D eigenvalue weighted by atomic mass is 9.90. The van der Waals surface area contributed by atoms with Gasteiger partial charge in [0.25, 0.3) is 0 Å². The number of thiocarbonyl (C=S) groups is 1. The van der Waals surface area contributed by atoms with Crippen molar-refractivity contribution >= 4 is 39.2 Å². The van der Waals surface area contributed by atoms with Crippen LogP contribution in [0.5, 0.6) is 0 Å². The SMILES string of the molecule is CC1(C)OC(C=S)Nc2ccc(-c3cc(Br)cc(CN)c3)cc21. The summed E-state index contributed by atoms with van der Waals surface area (Å²) < 4.78 is 7.04. The van der Waals surface area contributed by atoms with E-state index in [-0.39, 0.29) is 6.23 Å². The Hall–Kier alpha value is -1.27. The quantitative estimate of drug-likeness (QED) is 0.752. The van der Waals surface area contributed by atoms with Gasteiger partial charge in [-0.25, -0.2) is 0 Å². The minimum atomic E-state index is -0.403. The summed E-state index contributed by atoms with van der Waals surface area (Å²) in [6.45, 7) is 4.65. The number of anilines is 1. The molecule has 0 aromatic heterocycles. The molecule has 3 rings (SSSR count). The molecule has 1 unspecified atom stereocenters. The molecule has 3 N–H and O–H groups in total. The lowest BCUT2D eigenvalue weighted by Crippen LogP contribution is -2.39. The van der Waals surface area contributed by atoms with E-state index in [9.17, 15) is 0 Å². The third-order valence-corrected chi connectivity index (χ3v) is 4.74. The summed E-state index contributed by atoms with van der Waals surface area (Å²) in [4.78, 5) is 0. The van der Waals surface area contributed by atoms with Crippen molar-refractivity contribution in [3.8, 4) is 11.1 Å². The molecule has 1 heterocycles. The van der Waals surface area contributed by atoms with Crippen LogP contribution in [-0.2, 0) is 16.9 Å². The minimum absolute atomic E-state index is 0.243. The second kappa shape index (κ2) is 6.32. The third kappa shape index (κ3) is 3.33. The van der Waals surface area contributed by atoms with Crippen LogP contribution in [0.2, 0.25) is 0 Å².